The monoisotopic (exact) mass is 676 g/mol. The van der Waals surface area contributed by atoms with Crippen molar-refractivity contribution in [2.45, 2.75) is 65.0 Å². The van der Waals surface area contributed by atoms with Crippen molar-refractivity contribution in [2.75, 3.05) is 44.5 Å². The third kappa shape index (κ3) is 9.21. The number of rotatable bonds is 14. The molecule has 1 fully saturated rings. The highest BCUT2D eigenvalue weighted by molar-refractivity contribution is 6.32. The van der Waals surface area contributed by atoms with E-state index in [4.69, 9.17) is 33.2 Å². The number of halogens is 3. The Morgan fingerprint density at radius 2 is 2.02 bits per heavy atom. The maximum Gasteiger partial charge on any atom is 0.243 e. The molecule has 14 heteroatoms. The van der Waals surface area contributed by atoms with Crippen LogP contribution in [0.2, 0.25) is 0 Å². The highest BCUT2D eigenvalue weighted by Gasteiger charge is 2.30. The number of hydrogen-bond acceptors (Lipinski definition) is 8. The highest BCUT2D eigenvalue weighted by Crippen LogP contribution is 2.29. The smallest absolute Gasteiger partial charge is 0.243 e. The maximum absolute atomic E-state index is 14.9. The first-order valence-corrected chi connectivity index (χ1v) is 16.3. The Morgan fingerprint density at radius 3 is 2.61 bits per heavy atom. The fourth-order valence-corrected chi connectivity index (χ4v) is 5.77. The molecule has 0 bridgehead atoms. The molecule has 1 unspecified atom stereocenters. The predicted octanol–water partition coefficient (Wildman–Crippen LogP) is 4.86. The number of anilines is 1. The molecule has 1 saturated heterocycles. The molecule has 3 atom stereocenters. The van der Waals surface area contributed by atoms with Gasteiger partial charge < -0.3 is 25.2 Å². The minimum absolute atomic E-state index is 0.0409. The van der Waals surface area contributed by atoms with Crippen LogP contribution in [0.1, 0.15) is 52.9 Å². The maximum atomic E-state index is 14.9. The van der Waals surface area contributed by atoms with Gasteiger partial charge >= 0.3 is 0 Å². The van der Waals surface area contributed by atoms with Crippen LogP contribution in [0.3, 0.4) is 0 Å². The minimum Gasteiger partial charge on any atom is -0.480 e. The van der Waals surface area contributed by atoms with Crippen molar-refractivity contribution in [2.24, 2.45) is 10.9 Å². The second-order valence-corrected chi connectivity index (χ2v) is 11.8. The van der Waals surface area contributed by atoms with Crippen LogP contribution in [0.4, 0.5) is 10.2 Å². The molecule has 1 aromatic heterocycles. The van der Waals surface area contributed by atoms with Gasteiger partial charge in [0.15, 0.2) is 23.7 Å². The van der Waals surface area contributed by atoms with Crippen LogP contribution in [0.25, 0.3) is 5.70 Å². The number of ether oxygens (including phenoxy) is 1. The van der Waals surface area contributed by atoms with Crippen molar-refractivity contribution in [3.05, 3.63) is 59.1 Å². The first kappa shape index (κ1) is 36.8. The van der Waals surface area contributed by atoms with E-state index in [1.54, 1.807) is 59.2 Å². The van der Waals surface area contributed by atoms with E-state index < -0.39 is 11.7 Å². The molecule has 0 spiro atoms. The summed E-state index contributed by atoms with van der Waals surface area (Å²) in [5.74, 6) is -0.669. The van der Waals surface area contributed by atoms with Gasteiger partial charge in [-0.2, -0.15) is 5.26 Å². The molecule has 2 aliphatic heterocycles. The molecule has 0 radical (unpaired) electrons. The molecule has 46 heavy (non-hydrogen) atoms. The normalized spacial score (nSPS) is 19.2. The summed E-state index contributed by atoms with van der Waals surface area (Å²) in [7, 11) is 1.61. The van der Waals surface area contributed by atoms with Crippen molar-refractivity contribution >= 4 is 46.5 Å². The van der Waals surface area contributed by atoms with Crippen LogP contribution in [-0.2, 0) is 14.3 Å². The van der Waals surface area contributed by atoms with E-state index in [0.717, 1.165) is 25.8 Å². The Labute approximate surface area is 280 Å². The van der Waals surface area contributed by atoms with Crippen molar-refractivity contribution in [1.82, 2.24) is 24.7 Å². The van der Waals surface area contributed by atoms with Crippen molar-refractivity contribution in [3.63, 3.8) is 0 Å². The van der Waals surface area contributed by atoms with Crippen molar-refractivity contribution in [1.29, 1.82) is 5.26 Å². The van der Waals surface area contributed by atoms with Gasteiger partial charge in [-0.1, -0.05) is 25.1 Å². The average molecular weight is 678 g/mol. The van der Waals surface area contributed by atoms with E-state index in [2.05, 4.69) is 27.2 Å². The van der Waals surface area contributed by atoms with Gasteiger partial charge in [-0.3, -0.25) is 19.1 Å². The summed E-state index contributed by atoms with van der Waals surface area (Å²) in [4.78, 5) is 38.3. The van der Waals surface area contributed by atoms with Crippen LogP contribution < -0.4 is 16.1 Å². The van der Waals surface area contributed by atoms with Gasteiger partial charge in [0, 0.05) is 62.5 Å². The quantitative estimate of drug-likeness (QED) is 0.164. The SMILES string of the molecule is C=C(/C(C)=C(Cl)/C(F)=C(\C)OCC#N)n1ccnc(N[C@H](CC)CCC(CCl)C(=O)N2C=CN(C(=O)[C@@H]3CCCN3)CC2)c1=NC. The fourth-order valence-electron chi connectivity index (χ4n) is 5.24. The average Bonchev–Trinajstić information content (AvgIpc) is 3.63. The number of amides is 2. The summed E-state index contributed by atoms with van der Waals surface area (Å²) in [5.41, 5.74) is 1.16. The number of carbonyl (C=O) groups excluding carboxylic acids is 2. The van der Waals surface area contributed by atoms with Gasteiger partial charge in [0.25, 0.3) is 0 Å². The Hall–Kier alpha value is -3.66. The van der Waals surface area contributed by atoms with Crippen molar-refractivity contribution < 1.29 is 18.7 Å². The first-order chi connectivity index (χ1) is 22.1. The summed E-state index contributed by atoms with van der Waals surface area (Å²) >= 11 is 12.6. The summed E-state index contributed by atoms with van der Waals surface area (Å²) in [6, 6.07) is 1.58. The molecule has 3 rings (SSSR count). The molecule has 0 aliphatic carbocycles. The molecule has 0 aromatic carbocycles. The Morgan fingerprint density at radius 1 is 1.30 bits per heavy atom. The van der Waals surface area contributed by atoms with Crippen molar-refractivity contribution in [3.8, 4) is 6.07 Å². The van der Waals surface area contributed by atoms with Gasteiger partial charge in [0.05, 0.1) is 17.0 Å². The number of hydrogen-bond donors (Lipinski definition) is 2. The lowest BCUT2D eigenvalue weighted by atomic mass is 9.98. The van der Waals surface area contributed by atoms with Crippen LogP contribution >= 0.6 is 23.2 Å². The Balaban J connectivity index is 1.69. The van der Waals surface area contributed by atoms with E-state index in [9.17, 15) is 14.0 Å². The molecule has 2 aliphatic rings. The fraction of sp³-hybridized carbons (Fsp3) is 0.531. The number of allylic oxidation sites excluding steroid dienone is 5. The minimum atomic E-state index is -0.791. The number of aromatic nitrogens is 2. The lowest BCUT2D eigenvalue weighted by Gasteiger charge is -2.32. The second-order valence-electron chi connectivity index (χ2n) is 11.1. The van der Waals surface area contributed by atoms with Gasteiger partial charge in [-0.25, -0.2) is 9.37 Å². The second kappa shape index (κ2) is 17.9. The van der Waals surface area contributed by atoms with E-state index in [1.807, 2.05) is 6.92 Å². The summed E-state index contributed by atoms with van der Waals surface area (Å²) in [6.45, 7) is 10.6. The largest absolute Gasteiger partial charge is 0.480 e. The first-order valence-electron chi connectivity index (χ1n) is 15.4. The predicted molar refractivity (Wildman–Crippen MR) is 178 cm³/mol. The van der Waals surface area contributed by atoms with E-state index in [1.165, 1.54) is 6.92 Å². The molecule has 1 aromatic rings. The number of nitrogens with zero attached hydrogens (tertiary/aromatic N) is 6. The summed E-state index contributed by atoms with van der Waals surface area (Å²) in [6.07, 6.45) is 10.3. The van der Waals surface area contributed by atoms with E-state index >= 15 is 0 Å². The molecule has 11 nitrogen and oxygen atoms in total. The molecule has 0 saturated carbocycles. The summed E-state index contributed by atoms with van der Waals surface area (Å²) in [5, 5.41) is 15.2. The van der Waals surface area contributed by atoms with Gasteiger partial charge in [0.1, 0.15) is 11.8 Å². The number of nitriles is 1. The van der Waals surface area contributed by atoms with Crippen LogP contribution in [0.15, 0.2) is 58.6 Å². The van der Waals surface area contributed by atoms with Crippen LogP contribution in [0, 0.1) is 17.2 Å². The number of carbonyl (C=O) groups is 2. The highest BCUT2D eigenvalue weighted by atomic mass is 35.5. The summed E-state index contributed by atoms with van der Waals surface area (Å²) < 4.78 is 21.6. The Bertz CT molecular complexity index is 1480. The van der Waals surface area contributed by atoms with Gasteiger partial charge in [0.2, 0.25) is 11.8 Å². The molecular weight excluding hydrogens is 634 g/mol. The van der Waals surface area contributed by atoms with Gasteiger partial charge in [-0.15, -0.1) is 11.6 Å². The molecule has 3 heterocycles. The van der Waals surface area contributed by atoms with E-state index in [0.29, 0.717) is 48.5 Å². The third-order valence-electron chi connectivity index (χ3n) is 8.14. The molecule has 2 N–H and O–H groups in total. The third-order valence-corrected chi connectivity index (χ3v) is 8.97. The molecular formula is C32H43Cl2FN8O3. The molecule has 2 amide bonds. The lowest BCUT2D eigenvalue weighted by Crippen LogP contribution is -2.47. The van der Waals surface area contributed by atoms with Crippen LogP contribution in [-0.4, -0.2) is 82.4 Å². The van der Waals surface area contributed by atoms with E-state index in [-0.39, 0.29) is 47.2 Å². The zero-order valence-corrected chi connectivity index (χ0v) is 28.4. The zero-order chi connectivity index (χ0) is 33.8. The Kier molecular flexibility index (Phi) is 14.3. The molecule has 250 valence electrons. The lowest BCUT2D eigenvalue weighted by molar-refractivity contribution is -0.136. The van der Waals surface area contributed by atoms with Crippen LogP contribution in [0.5, 0.6) is 0 Å². The number of nitrogens with one attached hydrogen (secondary N) is 2. The zero-order valence-electron chi connectivity index (χ0n) is 26.9. The topological polar surface area (TPSA) is 128 Å². The van der Waals surface area contributed by atoms with Gasteiger partial charge in [-0.05, 0) is 58.1 Å². The standard InChI is InChI=1S/C32H43Cl2FN8O3/c1-6-25(10-9-24(20-33)31(44)41-15-17-42(18-16-41)32(45)26-8-7-12-38-26)40-29-30(37-5)43(14-13-39-29)22(3)21(2)27(34)28(35)23(4)46-19-11-36/h13-15,17,24-26,38H,3,6-10,12,16,18-20H2,1-2,4-5H3,(H,39,40)/b27-21-,28-23-,37-30?/t24?,25-,26+/m1/s1. The number of alkyl halides is 1.